The first-order valence-electron chi connectivity index (χ1n) is 2.97. The smallest absolute Gasteiger partial charge is 0.0207 e. The molecular formula is C5H16Cl3N3. The molecule has 0 heterocycles. The number of hydrogen-bond donors (Lipinski definition) is 3. The number of halogens is 3. The van der Waals surface area contributed by atoms with E-state index in [1.807, 2.05) is 0 Å². The molecule has 0 aliphatic heterocycles. The molecule has 0 radical (unpaired) electrons. The van der Waals surface area contributed by atoms with Gasteiger partial charge in [0.25, 0.3) is 0 Å². The van der Waals surface area contributed by atoms with Gasteiger partial charge in [-0.15, -0.1) is 37.2 Å². The summed E-state index contributed by atoms with van der Waals surface area (Å²) in [6.07, 6.45) is 1.78. The fourth-order valence-electron chi connectivity index (χ4n) is 1.14. The Balaban J connectivity index is -0.000000213. The zero-order valence-corrected chi connectivity index (χ0v) is 8.55. The van der Waals surface area contributed by atoms with Crippen molar-refractivity contribution in [2.45, 2.75) is 31.0 Å². The number of hydrogen-bond acceptors (Lipinski definition) is 3. The molecule has 0 spiro atoms. The van der Waals surface area contributed by atoms with Crippen molar-refractivity contribution >= 4 is 37.2 Å². The zero-order chi connectivity index (χ0) is 6.15. The van der Waals surface area contributed by atoms with Gasteiger partial charge in [0.2, 0.25) is 0 Å². The van der Waals surface area contributed by atoms with E-state index in [1.165, 1.54) is 0 Å². The van der Waals surface area contributed by atoms with E-state index in [4.69, 9.17) is 17.2 Å². The van der Waals surface area contributed by atoms with Gasteiger partial charge in [-0.05, 0) is 12.8 Å². The molecule has 1 unspecified atom stereocenters. The monoisotopic (exact) mass is 223 g/mol. The van der Waals surface area contributed by atoms with Crippen molar-refractivity contribution in [2.75, 3.05) is 0 Å². The molecule has 6 heteroatoms. The first kappa shape index (κ1) is 17.7. The van der Waals surface area contributed by atoms with Gasteiger partial charge in [-0.1, -0.05) is 0 Å². The highest BCUT2D eigenvalue weighted by atomic mass is 35.5. The van der Waals surface area contributed by atoms with Crippen molar-refractivity contribution < 1.29 is 0 Å². The lowest BCUT2D eigenvalue weighted by Gasteiger charge is -2.05. The molecule has 1 fully saturated rings. The molecule has 3 atom stereocenters. The van der Waals surface area contributed by atoms with Crippen molar-refractivity contribution in [1.82, 2.24) is 0 Å². The molecule has 1 aliphatic carbocycles. The minimum Gasteiger partial charge on any atom is -0.328 e. The van der Waals surface area contributed by atoms with Gasteiger partial charge in [0.15, 0.2) is 0 Å². The average molecular weight is 225 g/mol. The second-order valence-electron chi connectivity index (χ2n) is 2.56. The van der Waals surface area contributed by atoms with Crippen LogP contribution in [0.25, 0.3) is 0 Å². The molecular weight excluding hydrogens is 208 g/mol. The highest BCUT2D eigenvalue weighted by Gasteiger charge is 2.25. The maximum atomic E-state index is 5.56. The van der Waals surface area contributed by atoms with E-state index in [0.717, 1.165) is 12.8 Å². The van der Waals surface area contributed by atoms with Crippen molar-refractivity contribution in [3.05, 3.63) is 0 Å². The topological polar surface area (TPSA) is 78.1 Å². The van der Waals surface area contributed by atoms with Crippen LogP contribution in [-0.4, -0.2) is 18.1 Å². The SMILES string of the molecule is Cl.Cl.Cl.NC1C[C@@H](N)[C@@H](N)C1. The Morgan fingerprint density at radius 3 is 1.09 bits per heavy atom. The van der Waals surface area contributed by atoms with Crippen molar-refractivity contribution in [3.8, 4) is 0 Å². The van der Waals surface area contributed by atoms with Crippen LogP contribution in [0, 0.1) is 0 Å². The second-order valence-corrected chi connectivity index (χ2v) is 2.56. The van der Waals surface area contributed by atoms with Crippen LogP contribution >= 0.6 is 37.2 Å². The molecule has 3 nitrogen and oxygen atoms in total. The quantitative estimate of drug-likeness (QED) is 0.543. The van der Waals surface area contributed by atoms with Gasteiger partial charge >= 0.3 is 0 Å². The second kappa shape index (κ2) is 7.40. The van der Waals surface area contributed by atoms with Gasteiger partial charge in [0, 0.05) is 18.1 Å². The summed E-state index contributed by atoms with van der Waals surface area (Å²) in [5.74, 6) is 0. The Labute approximate surface area is 85.7 Å². The summed E-state index contributed by atoms with van der Waals surface area (Å²) in [6, 6.07) is 0.537. The maximum Gasteiger partial charge on any atom is 0.0207 e. The summed E-state index contributed by atoms with van der Waals surface area (Å²) in [7, 11) is 0. The van der Waals surface area contributed by atoms with Crippen LogP contribution in [0.1, 0.15) is 12.8 Å². The molecule has 6 N–H and O–H groups in total. The van der Waals surface area contributed by atoms with E-state index in [-0.39, 0.29) is 55.3 Å². The van der Waals surface area contributed by atoms with Crippen LogP contribution in [0.15, 0.2) is 0 Å². The maximum absolute atomic E-state index is 5.56. The average Bonchev–Trinajstić information content (AvgIpc) is 1.85. The van der Waals surface area contributed by atoms with Crippen molar-refractivity contribution in [3.63, 3.8) is 0 Å². The van der Waals surface area contributed by atoms with Crippen LogP contribution in [0.3, 0.4) is 0 Å². The molecule has 0 aromatic rings. The normalized spacial score (nSPS) is 34.6. The lowest BCUT2D eigenvalue weighted by atomic mass is 10.2. The van der Waals surface area contributed by atoms with E-state index >= 15 is 0 Å². The molecule has 0 saturated heterocycles. The summed E-state index contributed by atoms with van der Waals surface area (Å²) in [5.41, 5.74) is 16.7. The van der Waals surface area contributed by atoms with Gasteiger partial charge in [-0.2, -0.15) is 0 Å². The minimum absolute atomic E-state index is 0. The first-order valence-corrected chi connectivity index (χ1v) is 2.97. The van der Waals surface area contributed by atoms with E-state index in [2.05, 4.69) is 0 Å². The Morgan fingerprint density at radius 2 is 1.00 bits per heavy atom. The molecule has 0 aromatic heterocycles. The molecule has 0 bridgehead atoms. The third-order valence-electron chi connectivity index (χ3n) is 1.70. The largest absolute Gasteiger partial charge is 0.328 e. The first-order chi connectivity index (χ1) is 3.70. The van der Waals surface area contributed by atoms with E-state index in [0.29, 0.717) is 0 Å². The molecule has 0 amide bonds. The summed E-state index contributed by atoms with van der Waals surface area (Å²) in [4.78, 5) is 0. The summed E-state index contributed by atoms with van der Waals surface area (Å²) < 4.78 is 0. The summed E-state index contributed by atoms with van der Waals surface area (Å²) >= 11 is 0. The lowest BCUT2D eigenvalue weighted by molar-refractivity contribution is 0.603. The molecule has 1 rings (SSSR count). The van der Waals surface area contributed by atoms with Gasteiger partial charge in [-0.3, -0.25) is 0 Å². The van der Waals surface area contributed by atoms with Crippen LogP contribution < -0.4 is 17.2 Å². The minimum atomic E-state index is 0. The Bertz CT molecular complexity index is 83.0. The zero-order valence-electron chi connectivity index (χ0n) is 6.10. The van der Waals surface area contributed by atoms with E-state index in [9.17, 15) is 0 Å². The predicted octanol–water partition coefficient (Wildman–Crippen LogP) is 0.0275. The lowest BCUT2D eigenvalue weighted by Crippen LogP contribution is -2.35. The van der Waals surface area contributed by atoms with Crippen LogP contribution in [0.4, 0.5) is 0 Å². The molecule has 1 saturated carbocycles. The van der Waals surface area contributed by atoms with Gasteiger partial charge in [-0.25, -0.2) is 0 Å². The third kappa shape index (κ3) is 5.06. The van der Waals surface area contributed by atoms with Gasteiger partial charge < -0.3 is 17.2 Å². The predicted molar refractivity (Wildman–Crippen MR) is 54.9 cm³/mol. The number of nitrogens with two attached hydrogens (primary N) is 3. The van der Waals surface area contributed by atoms with Crippen molar-refractivity contribution in [2.24, 2.45) is 17.2 Å². The Morgan fingerprint density at radius 1 is 0.727 bits per heavy atom. The fourth-order valence-corrected chi connectivity index (χ4v) is 1.14. The van der Waals surface area contributed by atoms with Crippen LogP contribution in [0.5, 0.6) is 0 Å². The molecule has 1 aliphatic rings. The molecule has 11 heavy (non-hydrogen) atoms. The molecule has 0 aromatic carbocycles. The Hall–Kier alpha value is 0.750. The van der Waals surface area contributed by atoms with E-state index in [1.54, 1.807) is 0 Å². The van der Waals surface area contributed by atoms with Crippen LogP contribution in [0.2, 0.25) is 0 Å². The van der Waals surface area contributed by atoms with Crippen molar-refractivity contribution in [1.29, 1.82) is 0 Å². The standard InChI is InChI=1S/C5H13N3.3ClH/c6-3-1-4(7)5(8)2-3;;;/h3-5H,1-2,6-8H2;3*1H/t3?,4-,5+;;;. The summed E-state index contributed by atoms with van der Waals surface area (Å²) in [5, 5.41) is 0. The highest BCUT2D eigenvalue weighted by Crippen LogP contribution is 2.13. The van der Waals surface area contributed by atoms with Crippen LogP contribution in [-0.2, 0) is 0 Å². The fraction of sp³-hybridized carbons (Fsp3) is 1.00. The number of rotatable bonds is 0. The van der Waals surface area contributed by atoms with Gasteiger partial charge in [0.05, 0.1) is 0 Å². The van der Waals surface area contributed by atoms with Gasteiger partial charge in [0.1, 0.15) is 0 Å². The molecule has 72 valence electrons. The third-order valence-corrected chi connectivity index (χ3v) is 1.70. The summed E-state index contributed by atoms with van der Waals surface area (Å²) in [6.45, 7) is 0. The Kier molecular flexibility index (Phi) is 11.9. The highest BCUT2D eigenvalue weighted by molar-refractivity contribution is 5.86. The van der Waals surface area contributed by atoms with E-state index < -0.39 is 0 Å².